The minimum atomic E-state index is -0.783. The molecule has 0 saturated carbocycles. The van der Waals surface area contributed by atoms with Gasteiger partial charge in [-0.15, -0.1) is 0 Å². The van der Waals surface area contributed by atoms with Crippen molar-refractivity contribution in [2.75, 3.05) is 40.8 Å². The third-order valence-corrected chi connectivity index (χ3v) is 5.72. The fourth-order valence-corrected chi connectivity index (χ4v) is 4.22. The highest BCUT2D eigenvalue weighted by molar-refractivity contribution is 8.03. The molecule has 0 aliphatic carbocycles. The van der Waals surface area contributed by atoms with Crippen molar-refractivity contribution in [3.63, 3.8) is 0 Å². The Morgan fingerprint density at radius 1 is 1.12 bits per heavy atom. The Morgan fingerprint density at radius 2 is 1.75 bits per heavy atom. The molecule has 0 aromatic heterocycles. The van der Waals surface area contributed by atoms with E-state index in [0.717, 1.165) is 11.8 Å². The summed E-state index contributed by atoms with van der Waals surface area (Å²) in [5.41, 5.74) is 1.60. The second-order valence-corrected chi connectivity index (χ2v) is 7.48. The standard InChI is InChI=1S/C22H26N2O7S/c1-7-31-22(26)18-12(2)24-21(32-11-17(25)29-5)14(10-23)19(18)13-8-15(27-3)20(30-6)16(9-13)28-4/h8-9,19,24H,7,11H2,1-6H3. The first-order valence-corrected chi connectivity index (χ1v) is 10.6. The average Bonchev–Trinajstić information content (AvgIpc) is 2.80. The quantitative estimate of drug-likeness (QED) is 0.549. The molecule has 9 nitrogen and oxygen atoms in total. The molecule has 0 amide bonds. The molecule has 2 rings (SSSR count). The highest BCUT2D eigenvalue weighted by Gasteiger charge is 2.36. The van der Waals surface area contributed by atoms with E-state index in [9.17, 15) is 14.9 Å². The molecule has 0 radical (unpaired) electrons. The van der Waals surface area contributed by atoms with Gasteiger partial charge in [-0.25, -0.2) is 4.79 Å². The minimum Gasteiger partial charge on any atom is -0.493 e. The van der Waals surface area contributed by atoms with Crippen LogP contribution >= 0.6 is 11.8 Å². The van der Waals surface area contributed by atoms with Gasteiger partial charge in [-0.1, -0.05) is 11.8 Å². The Morgan fingerprint density at radius 3 is 2.22 bits per heavy atom. The fraction of sp³-hybridized carbons (Fsp3) is 0.409. The largest absolute Gasteiger partial charge is 0.493 e. The van der Waals surface area contributed by atoms with E-state index in [-0.39, 0.29) is 23.5 Å². The van der Waals surface area contributed by atoms with E-state index < -0.39 is 17.9 Å². The van der Waals surface area contributed by atoms with Crippen molar-refractivity contribution in [2.45, 2.75) is 19.8 Å². The van der Waals surface area contributed by atoms with Crippen LogP contribution in [0.15, 0.2) is 34.0 Å². The van der Waals surface area contributed by atoms with E-state index in [1.54, 1.807) is 26.0 Å². The lowest BCUT2D eigenvalue weighted by atomic mass is 9.82. The van der Waals surface area contributed by atoms with Gasteiger partial charge in [0, 0.05) is 5.70 Å². The smallest absolute Gasteiger partial charge is 0.336 e. The number of nitrogens with one attached hydrogen (secondary N) is 1. The maximum Gasteiger partial charge on any atom is 0.336 e. The highest BCUT2D eigenvalue weighted by atomic mass is 32.2. The molecule has 1 atom stereocenters. The maximum atomic E-state index is 12.9. The molecule has 172 valence electrons. The third kappa shape index (κ3) is 5.11. The number of methoxy groups -OCH3 is 4. The van der Waals surface area contributed by atoms with Gasteiger partial charge < -0.3 is 29.0 Å². The molecule has 1 N–H and O–H groups in total. The first-order chi connectivity index (χ1) is 15.4. The number of allylic oxidation sites excluding steroid dienone is 2. The molecule has 1 aliphatic rings. The van der Waals surface area contributed by atoms with Gasteiger partial charge >= 0.3 is 11.9 Å². The summed E-state index contributed by atoms with van der Waals surface area (Å²) in [6.07, 6.45) is 0. The summed E-state index contributed by atoms with van der Waals surface area (Å²) >= 11 is 1.12. The summed E-state index contributed by atoms with van der Waals surface area (Å²) in [6.45, 7) is 3.59. The third-order valence-electron chi connectivity index (χ3n) is 4.73. The SMILES string of the molecule is CCOC(=O)C1=C(C)NC(SCC(=O)OC)=C(C#N)C1c1cc(OC)c(OC)c(OC)c1. The number of nitrogens with zero attached hydrogens (tertiary/aromatic N) is 1. The van der Waals surface area contributed by atoms with Crippen molar-refractivity contribution in [3.05, 3.63) is 39.6 Å². The van der Waals surface area contributed by atoms with Crippen LogP contribution in [0.2, 0.25) is 0 Å². The van der Waals surface area contributed by atoms with Crippen LogP contribution in [0, 0.1) is 11.3 Å². The van der Waals surface area contributed by atoms with Crippen LogP contribution in [0.3, 0.4) is 0 Å². The van der Waals surface area contributed by atoms with Gasteiger partial charge in [0.25, 0.3) is 0 Å². The summed E-state index contributed by atoms with van der Waals surface area (Å²) in [6, 6.07) is 5.55. The summed E-state index contributed by atoms with van der Waals surface area (Å²) in [4.78, 5) is 24.6. The number of thioether (sulfide) groups is 1. The lowest BCUT2D eigenvalue weighted by Gasteiger charge is -2.29. The van der Waals surface area contributed by atoms with Gasteiger partial charge in [0.1, 0.15) is 0 Å². The molecule has 0 spiro atoms. The molecular formula is C22H26N2O7S. The van der Waals surface area contributed by atoms with Gasteiger partial charge in [0.15, 0.2) is 11.5 Å². The Hall–Kier alpha value is -3.32. The lowest BCUT2D eigenvalue weighted by Crippen LogP contribution is -2.29. The van der Waals surface area contributed by atoms with Crippen molar-refractivity contribution in [1.29, 1.82) is 5.26 Å². The molecule has 1 unspecified atom stereocenters. The van der Waals surface area contributed by atoms with Crippen LogP contribution in [0.25, 0.3) is 0 Å². The molecular weight excluding hydrogens is 436 g/mol. The molecule has 10 heteroatoms. The van der Waals surface area contributed by atoms with E-state index in [1.165, 1.54) is 28.4 Å². The predicted octanol–water partition coefficient (Wildman–Crippen LogP) is 2.88. The molecule has 0 fully saturated rings. The Kier molecular flexibility index (Phi) is 8.84. The van der Waals surface area contributed by atoms with E-state index >= 15 is 0 Å². The molecule has 1 aliphatic heterocycles. The van der Waals surface area contributed by atoms with Crippen LogP contribution < -0.4 is 19.5 Å². The van der Waals surface area contributed by atoms with E-state index in [1.807, 2.05) is 0 Å². The van der Waals surface area contributed by atoms with Gasteiger partial charge in [0.05, 0.1) is 69.0 Å². The number of nitriles is 1. The normalized spacial score (nSPS) is 15.5. The second kappa shape index (κ2) is 11.3. The minimum absolute atomic E-state index is 0.00594. The van der Waals surface area contributed by atoms with Crippen molar-refractivity contribution in [2.24, 2.45) is 0 Å². The maximum absolute atomic E-state index is 12.9. The lowest BCUT2D eigenvalue weighted by molar-refractivity contribution is -0.139. The molecule has 32 heavy (non-hydrogen) atoms. The van der Waals surface area contributed by atoms with Crippen LogP contribution in [0.5, 0.6) is 17.2 Å². The number of ether oxygens (including phenoxy) is 5. The van der Waals surface area contributed by atoms with Crippen LogP contribution in [-0.4, -0.2) is 52.7 Å². The monoisotopic (exact) mass is 462 g/mol. The molecule has 0 saturated heterocycles. The van der Waals surface area contributed by atoms with Crippen molar-refractivity contribution in [1.82, 2.24) is 5.32 Å². The Labute approximate surface area is 191 Å². The fourth-order valence-electron chi connectivity index (χ4n) is 3.30. The summed E-state index contributed by atoms with van der Waals surface area (Å²) in [7, 11) is 5.74. The Bertz CT molecular complexity index is 969. The number of hydrogen-bond acceptors (Lipinski definition) is 10. The number of carbonyl (C=O) groups is 2. The first kappa shape index (κ1) is 24.9. The highest BCUT2D eigenvalue weighted by Crippen LogP contribution is 2.46. The Balaban J connectivity index is 2.73. The molecule has 1 aromatic rings. The molecule has 1 heterocycles. The van der Waals surface area contributed by atoms with Crippen LogP contribution in [-0.2, 0) is 19.1 Å². The summed E-state index contributed by atoms with van der Waals surface area (Å²) in [5.74, 6) is -0.647. The van der Waals surface area contributed by atoms with Gasteiger partial charge in [-0.05, 0) is 31.5 Å². The van der Waals surface area contributed by atoms with Crippen molar-refractivity contribution < 1.29 is 33.3 Å². The number of esters is 2. The van der Waals surface area contributed by atoms with Gasteiger partial charge in [0.2, 0.25) is 5.75 Å². The van der Waals surface area contributed by atoms with E-state index in [4.69, 9.17) is 23.7 Å². The summed E-state index contributed by atoms with van der Waals surface area (Å²) in [5, 5.41) is 13.6. The number of rotatable bonds is 9. The number of benzene rings is 1. The zero-order valence-corrected chi connectivity index (χ0v) is 19.7. The summed E-state index contributed by atoms with van der Waals surface area (Å²) < 4.78 is 26.3. The first-order valence-electron chi connectivity index (χ1n) is 9.65. The van der Waals surface area contributed by atoms with E-state index in [0.29, 0.717) is 33.5 Å². The van der Waals surface area contributed by atoms with E-state index in [2.05, 4.69) is 11.4 Å². The second-order valence-electron chi connectivity index (χ2n) is 6.50. The zero-order valence-electron chi connectivity index (χ0n) is 18.9. The number of dihydropyridines is 1. The van der Waals surface area contributed by atoms with Crippen LogP contribution in [0.4, 0.5) is 0 Å². The molecule has 0 bridgehead atoms. The van der Waals surface area contributed by atoms with Crippen LogP contribution in [0.1, 0.15) is 25.3 Å². The topological polar surface area (TPSA) is 116 Å². The van der Waals surface area contributed by atoms with Crippen molar-refractivity contribution in [3.8, 4) is 23.3 Å². The van der Waals surface area contributed by atoms with Gasteiger partial charge in [-0.2, -0.15) is 5.26 Å². The predicted molar refractivity (Wildman–Crippen MR) is 118 cm³/mol. The molecule has 1 aromatic carbocycles. The van der Waals surface area contributed by atoms with Gasteiger partial charge in [-0.3, -0.25) is 4.79 Å². The number of carbonyl (C=O) groups excluding carboxylic acids is 2. The number of hydrogen-bond donors (Lipinski definition) is 1. The van der Waals surface area contributed by atoms with Crippen molar-refractivity contribution >= 4 is 23.7 Å². The average molecular weight is 463 g/mol. The zero-order chi connectivity index (χ0) is 23.8.